The average Bonchev–Trinajstić information content (AvgIpc) is 3.17. The van der Waals surface area contributed by atoms with Crippen LogP contribution in [-0.4, -0.2) is 67.8 Å². The molecule has 0 N–H and O–H groups in total. The highest BCUT2D eigenvalue weighted by Gasteiger charge is 2.63. The van der Waals surface area contributed by atoms with Crippen molar-refractivity contribution in [1.82, 2.24) is 0 Å². The lowest BCUT2D eigenvalue weighted by Crippen LogP contribution is -2.59. The summed E-state index contributed by atoms with van der Waals surface area (Å²) in [5.74, 6) is -1.71. The van der Waals surface area contributed by atoms with Gasteiger partial charge in [0.2, 0.25) is 0 Å². The Hall–Kier alpha value is -0.970. The summed E-state index contributed by atoms with van der Waals surface area (Å²) >= 11 is 0. The van der Waals surface area contributed by atoms with Crippen molar-refractivity contribution < 1.29 is 33.2 Å². The summed E-state index contributed by atoms with van der Waals surface area (Å²) in [6, 6.07) is -0.461. The van der Waals surface area contributed by atoms with Gasteiger partial charge in [-0.3, -0.25) is 0 Å². The molecule has 0 aromatic rings. The molecule has 0 bridgehead atoms. The van der Waals surface area contributed by atoms with E-state index in [4.69, 9.17) is 38.7 Å². The summed E-state index contributed by atoms with van der Waals surface area (Å²) in [6.45, 7) is 9.35. The molecule has 0 spiro atoms. The Balaban J connectivity index is 1.63. The average molecular weight is 385 g/mol. The number of hydrogen-bond donors (Lipinski definition) is 0. The molecule has 10 heteroatoms. The maximum Gasteiger partial charge on any atom is 0.190 e. The van der Waals surface area contributed by atoms with Crippen molar-refractivity contribution in [2.45, 2.75) is 95.3 Å². The zero-order chi connectivity index (χ0) is 19.6. The van der Waals surface area contributed by atoms with Gasteiger partial charge >= 0.3 is 0 Å². The van der Waals surface area contributed by atoms with Crippen molar-refractivity contribution in [3.8, 4) is 0 Å². The Labute approximate surface area is 157 Å². The molecule has 152 valence electrons. The molecule has 27 heavy (non-hydrogen) atoms. The minimum atomic E-state index is -0.783. The van der Waals surface area contributed by atoms with E-state index in [0.29, 0.717) is 0 Å². The van der Waals surface area contributed by atoms with Gasteiger partial charge in [-0.15, -0.1) is 0 Å². The fourth-order valence-electron chi connectivity index (χ4n) is 4.50. The molecule has 0 amide bonds. The van der Waals surface area contributed by atoms with E-state index in [1.54, 1.807) is 0 Å². The molecule has 0 aliphatic carbocycles. The first-order valence-electron chi connectivity index (χ1n) is 9.25. The van der Waals surface area contributed by atoms with Gasteiger partial charge in [-0.2, -0.15) is 0 Å². The van der Waals surface area contributed by atoms with Gasteiger partial charge in [0.25, 0.3) is 0 Å². The third-order valence-corrected chi connectivity index (χ3v) is 5.56. The maximum atomic E-state index is 8.89. The monoisotopic (exact) mass is 385 g/mol. The zero-order valence-electron chi connectivity index (χ0n) is 16.4. The van der Waals surface area contributed by atoms with Crippen LogP contribution in [0.2, 0.25) is 0 Å². The molecule has 0 saturated carbocycles. The SMILES string of the molecule is CO[C@H]1O[C@H]([C@H]2O[C@@H]3OC(C)(C)O[C@@H]3[C@H]3OC(C)(C)O[C@H]32)[C@@H](C)[C@@H]1N=[N+]=[N-]. The van der Waals surface area contributed by atoms with E-state index >= 15 is 0 Å². The Kier molecular flexibility index (Phi) is 4.68. The standard InChI is InChI=1S/C17H27N3O7/c1-7-8(19-20-18)14(21-6)22-9(7)10-11-12(25-16(2,3)24-11)13-15(23-10)27-17(4,5)26-13/h7-15H,1-6H3/t7-,8-,9-,10+,11-,12-,13+,14-,15+/m0/s1. The van der Waals surface area contributed by atoms with E-state index < -0.39 is 54.6 Å². The summed E-state index contributed by atoms with van der Waals surface area (Å²) in [6.07, 6.45) is -3.31. The fraction of sp³-hybridized carbons (Fsp3) is 1.00. The van der Waals surface area contributed by atoms with Crippen LogP contribution in [0, 0.1) is 5.92 Å². The second-order valence-electron chi connectivity index (χ2n) is 8.39. The quantitative estimate of drug-likeness (QED) is 0.415. The van der Waals surface area contributed by atoms with Gasteiger partial charge in [0, 0.05) is 12.0 Å². The van der Waals surface area contributed by atoms with Crippen molar-refractivity contribution in [2.24, 2.45) is 11.0 Å². The highest BCUT2D eigenvalue weighted by atomic mass is 16.9. The summed E-state index contributed by atoms with van der Waals surface area (Å²) < 4.78 is 41.9. The van der Waals surface area contributed by atoms with Gasteiger partial charge in [-0.05, 0) is 39.1 Å². The van der Waals surface area contributed by atoms with Crippen molar-refractivity contribution >= 4 is 0 Å². The van der Waals surface area contributed by atoms with Gasteiger partial charge in [-0.1, -0.05) is 12.0 Å². The summed E-state index contributed by atoms with van der Waals surface area (Å²) in [5.41, 5.74) is 8.89. The van der Waals surface area contributed by atoms with Crippen LogP contribution >= 0.6 is 0 Å². The van der Waals surface area contributed by atoms with E-state index in [9.17, 15) is 0 Å². The fourth-order valence-corrected chi connectivity index (χ4v) is 4.50. The second kappa shape index (κ2) is 6.53. The number of rotatable bonds is 3. The number of nitrogens with zero attached hydrogens (tertiary/aromatic N) is 3. The van der Waals surface area contributed by atoms with Crippen LogP contribution in [0.3, 0.4) is 0 Å². The minimum absolute atomic E-state index is 0.143. The van der Waals surface area contributed by atoms with Gasteiger partial charge in [0.1, 0.15) is 24.4 Å². The lowest BCUT2D eigenvalue weighted by molar-refractivity contribution is -0.265. The van der Waals surface area contributed by atoms with Crippen molar-refractivity contribution in [3.05, 3.63) is 10.4 Å². The third-order valence-electron chi connectivity index (χ3n) is 5.56. The molecule has 9 atom stereocenters. The predicted octanol–water partition coefficient (Wildman–Crippen LogP) is 2.07. The highest BCUT2D eigenvalue weighted by molar-refractivity contribution is 5.05. The third kappa shape index (κ3) is 3.24. The Bertz CT molecular complexity index is 638. The van der Waals surface area contributed by atoms with Crippen LogP contribution < -0.4 is 0 Å². The van der Waals surface area contributed by atoms with Gasteiger partial charge in [0.15, 0.2) is 24.2 Å². The van der Waals surface area contributed by atoms with E-state index in [-0.39, 0.29) is 12.0 Å². The normalized spacial score (nSPS) is 50.1. The van der Waals surface area contributed by atoms with Crippen molar-refractivity contribution in [1.29, 1.82) is 0 Å². The molecule has 0 unspecified atom stereocenters. The molecule has 4 heterocycles. The van der Waals surface area contributed by atoms with E-state index in [1.165, 1.54) is 7.11 Å². The summed E-state index contributed by atoms with van der Waals surface area (Å²) in [4.78, 5) is 2.93. The van der Waals surface area contributed by atoms with Crippen LogP contribution in [0.4, 0.5) is 0 Å². The smallest absolute Gasteiger partial charge is 0.190 e. The zero-order valence-corrected chi connectivity index (χ0v) is 16.4. The number of methoxy groups -OCH3 is 1. The predicted molar refractivity (Wildman–Crippen MR) is 90.3 cm³/mol. The molecular weight excluding hydrogens is 358 g/mol. The molecule has 10 nitrogen and oxygen atoms in total. The number of azide groups is 1. The minimum Gasteiger partial charge on any atom is -0.355 e. The van der Waals surface area contributed by atoms with E-state index in [1.807, 2.05) is 34.6 Å². The van der Waals surface area contributed by atoms with Crippen LogP contribution in [0.1, 0.15) is 34.6 Å². The molecule has 4 aliphatic rings. The van der Waals surface area contributed by atoms with E-state index in [0.717, 1.165) is 0 Å². The highest BCUT2D eigenvalue weighted by Crippen LogP contribution is 2.47. The number of ether oxygens (including phenoxy) is 7. The maximum absolute atomic E-state index is 8.89. The van der Waals surface area contributed by atoms with Crippen molar-refractivity contribution in [3.63, 3.8) is 0 Å². The van der Waals surface area contributed by atoms with Gasteiger partial charge < -0.3 is 33.2 Å². The molecule has 4 fully saturated rings. The van der Waals surface area contributed by atoms with Crippen LogP contribution in [0.25, 0.3) is 10.4 Å². The molecule has 0 aromatic heterocycles. The summed E-state index contributed by atoms with van der Waals surface area (Å²) in [5, 5.41) is 3.85. The second-order valence-corrected chi connectivity index (χ2v) is 8.39. The molecule has 4 rings (SSSR count). The Morgan fingerprint density at radius 2 is 1.44 bits per heavy atom. The van der Waals surface area contributed by atoms with Gasteiger partial charge in [0.05, 0.1) is 12.1 Å². The number of hydrogen-bond acceptors (Lipinski definition) is 8. The molecule has 4 aliphatic heterocycles. The van der Waals surface area contributed by atoms with Crippen LogP contribution in [-0.2, 0) is 33.2 Å². The molecular formula is C17H27N3O7. The van der Waals surface area contributed by atoms with Crippen LogP contribution in [0.15, 0.2) is 5.11 Å². The van der Waals surface area contributed by atoms with Crippen LogP contribution in [0.5, 0.6) is 0 Å². The summed E-state index contributed by atoms with van der Waals surface area (Å²) in [7, 11) is 1.52. The first-order chi connectivity index (χ1) is 12.7. The Morgan fingerprint density at radius 3 is 2.07 bits per heavy atom. The largest absolute Gasteiger partial charge is 0.355 e. The molecule has 4 saturated heterocycles. The van der Waals surface area contributed by atoms with Crippen molar-refractivity contribution in [2.75, 3.05) is 7.11 Å². The van der Waals surface area contributed by atoms with E-state index in [2.05, 4.69) is 10.0 Å². The lowest BCUT2D eigenvalue weighted by Gasteiger charge is -2.40. The number of fused-ring (bicyclic) bond motifs is 3. The Morgan fingerprint density at radius 1 is 0.852 bits per heavy atom. The first kappa shape index (κ1) is 19.4. The molecule has 0 aromatic carbocycles. The topological polar surface area (TPSA) is 113 Å². The molecule has 0 radical (unpaired) electrons. The van der Waals surface area contributed by atoms with Gasteiger partial charge in [-0.25, -0.2) is 0 Å². The first-order valence-corrected chi connectivity index (χ1v) is 9.25. The lowest BCUT2D eigenvalue weighted by atomic mass is 9.88.